The maximum Gasteiger partial charge on any atom is 0.243 e. The minimum absolute atomic E-state index is 0.0198. The van der Waals surface area contributed by atoms with Gasteiger partial charge in [0.25, 0.3) is 0 Å². The van der Waals surface area contributed by atoms with Gasteiger partial charge in [0.1, 0.15) is 5.75 Å². The topological polar surface area (TPSA) is 84.5 Å². The van der Waals surface area contributed by atoms with Gasteiger partial charge >= 0.3 is 0 Å². The number of nitrogens with one attached hydrogen (secondary N) is 2. The van der Waals surface area contributed by atoms with Crippen molar-refractivity contribution in [1.29, 1.82) is 0 Å². The summed E-state index contributed by atoms with van der Waals surface area (Å²) in [6, 6.07) is 18.1. The monoisotopic (exact) mass is 444 g/mol. The first-order valence-electron chi connectivity index (χ1n) is 9.09. The van der Waals surface area contributed by atoms with Gasteiger partial charge in [0.15, 0.2) is 0 Å². The Balaban J connectivity index is 1.73. The summed E-state index contributed by atoms with van der Waals surface area (Å²) >= 11 is 6.36. The van der Waals surface area contributed by atoms with Crippen LogP contribution in [0.15, 0.2) is 76.5 Å². The SMILES string of the molecule is COc1ccc(NC(=O)CNc2cccc(S(=O)(=O)c3ccc(C)cc3)c2Cl)cc1. The van der Waals surface area contributed by atoms with E-state index in [1.807, 2.05) is 6.92 Å². The second-order valence-corrected chi connectivity index (χ2v) is 8.86. The Kier molecular flexibility index (Phi) is 6.64. The average Bonchev–Trinajstić information content (AvgIpc) is 2.73. The lowest BCUT2D eigenvalue weighted by Gasteiger charge is -2.13. The van der Waals surface area contributed by atoms with Crippen LogP contribution >= 0.6 is 11.6 Å². The van der Waals surface area contributed by atoms with E-state index in [0.717, 1.165) is 5.56 Å². The number of amides is 1. The van der Waals surface area contributed by atoms with Crippen LogP contribution in [0.2, 0.25) is 5.02 Å². The Labute approximate surface area is 180 Å². The van der Waals surface area contributed by atoms with E-state index in [-0.39, 0.29) is 27.3 Å². The summed E-state index contributed by atoms with van der Waals surface area (Å²) in [4.78, 5) is 12.4. The molecule has 8 heteroatoms. The van der Waals surface area contributed by atoms with Crippen LogP contribution in [0.5, 0.6) is 5.75 Å². The predicted octanol–water partition coefficient (Wildman–Crippen LogP) is 4.54. The quantitative estimate of drug-likeness (QED) is 0.558. The summed E-state index contributed by atoms with van der Waals surface area (Å²) in [6.45, 7) is 1.80. The molecule has 0 saturated carbocycles. The zero-order valence-corrected chi connectivity index (χ0v) is 18.0. The highest BCUT2D eigenvalue weighted by Gasteiger charge is 2.22. The number of ether oxygens (including phenoxy) is 1. The standard InChI is InChI=1S/C22H21ClN2O4S/c1-15-6-12-18(13-7-15)30(27,28)20-5-3-4-19(22(20)23)24-14-21(26)25-16-8-10-17(29-2)11-9-16/h3-13,24H,14H2,1-2H3,(H,25,26). The third-order valence-corrected chi connectivity index (χ3v) is 6.73. The first-order valence-corrected chi connectivity index (χ1v) is 11.0. The van der Waals surface area contributed by atoms with Gasteiger partial charge < -0.3 is 15.4 Å². The number of carbonyl (C=O) groups is 1. The number of rotatable bonds is 7. The molecule has 0 fully saturated rings. The van der Waals surface area contributed by atoms with E-state index < -0.39 is 9.84 Å². The molecule has 156 valence electrons. The normalized spacial score (nSPS) is 11.0. The fourth-order valence-corrected chi connectivity index (χ4v) is 4.60. The molecular weight excluding hydrogens is 424 g/mol. The first kappa shape index (κ1) is 21.7. The molecule has 0 aliphatic rings. The number of hydrogen-bond donors (Lipinski definition) is 2. The molecule has 0 aromatic heterocycles. The molecule has 3 aromatic carbocycles. The molecule has 2 N–H and O–H groups in total. The summed E-state index contributed by atoms with van der Waals surface area (Å²) in [6.07, 6.45) is 0. The highest BCUT2D eigenvalue weighted by molar-refractivity contribution is 7.91. The van der Waals surface area contributed by atoms with Crippen LogP contribution in [0.1, 0.15) is 5.56 Å². The van der Waals surface area contributed by atoms with Crippen molar-refractivity contribution >= 4 is 38.7 Å². The maximum atomic E-state index is 12.9. The number of methoxy groups -OCH3 is 1. The Morgan fingerprint density at radius 2 is 1.67 bits per heavy atom. The number of benzene rings is 3. The molecule has 0 saturated heterocycles. The van der Waals surface area contributed by atoms with E-state index in [1.165, 1.54) is 6.07 Å². The van der Waals surface area contributed by atoms with Crippen LogP contribution in [-0.2, 0) is 14.6 Å². The smallest absolute Gasteiger partial charge is 0.243 e. The van der Waals surface area contributed by atoms with Crippen molar-refractivity contribution in [2.75, 3.05) is 24.3 Å². The lowest BCUT2D eigenvalue weighted by molar-refractivity contribution is -0.114. The second kappa shape index (κ2) is 9.19. The van der Waals surface area contributed by atoms with Crippen LogP contribution < -0.4 is 15.4 Å². The molecule has 3 aromatic rings. The van der Waals surface area contributed by atoms with Crippen molar-refractivity contribution in [3.63, 3.8) is 0 Å². The highest BCUT2D eigenvalue weighted by atomic mass is 35.5. The third-order valence-electron chi connectivity index (χ3n) is 4.40. The van der Waals surface area contributed by atoms with Crippen LogP contribution in [0.4, 0.5) is 11.4 Å². The molecule has 0 radical (unpaired) electrons. The van der Waals surface area contributed by atoms with Crippen molar-refractivity contribution in [3.05, 3.63) is 77.3 Å². The fraction of sp³-hybridized carbons (Fsp3) is 0.136. The van der Waals surface area contributed by atoms with Gasteiger partial charge in [-0.05, 0) is 55.5 Å². The number of hydrogen-bond acceptors (Lipinski definition) is 5. The Morgan fingerprint density at radius 1 is 1.00 bits per heavy atom. The Morgan fingerprint density at radius 3 is 2.30 bits per heavy atom. The first-order chi connectivity index (χ1) is 14.3. The lowest BCUT2D eigenvalue weighted by atomic mass is 10.2. The van der Waals surface area contributed by atoms with Gasteiger partial charge in [0.05, 0.1) is 34.2 Å². The summed E-state index contributed by atoms with van der Waals surface area (Å²) < 4.78 is 31.0. The van der Waals surface area contributed by atoms with Gasteiger partial charge in [0, 0.05) is 5.69 Å². The number of anilines is 2. The molecule has 1 amide bonds. The molecule has 0 aliphatic heterocycles. The molecule has 3 rings (SSSR count). The fourth-order valence-electron chi connectivity index (χ4n) is 2.75. The van der Waals surface area contributed by atoms with Gasteiger partial charge in [-0.2, -0.15) is 0 Å². The Hall–Kier alpha value is -3.03. The zero-order valence-electron chi connectivity index (χ0n) is 16.5. The minimum Gasteiger partial charge on any atom is -0.497 e. The lowest BCUT2D eigenvalue weighted by Crippen LogP contribution is -2.22. The number of sulfone groups is 1. The van der Waals surface area contributed by atoms with Gasteiger partial charge in [-0.3, -0.25) is 4.79 Å². The van der Waals surface area contributed by atoms with E-state index in [9.17, 15) is 13.2 Å². The summed E-state index contributed by atoms with van der Waals surface area (Å²) in [7, 11) is -2.22. The van der Waals surface area contributed by atoms with Gasteiger partial charge in [0.2, 0.25) is 15.7 Å². The largest absolute Gasteiger partial charge is 0.497 e. The summed E-state index contributed by atoms with van der Waals surface area (Å²) in [5.74, 6) is 0.382. The number of aryl methyl sites for hydroxylation is 1. The molecular formula is C22H21ClN2O4S. The predicted molar refractivity (Wildman–Crippen MR) is 118 cm³/mol. The molecule has 0 atom stereocenters. The number of carbonyl (C=O) groups excluding carboxylic acids is 1. The minimum atomic E-state index is -3.79. The van der Waals surface area contributed by atoms with Gasteiger partial charge in [-0.1, -0.05) is 35.4 Å². The highest BCUT2D eigenvalue weighted by Crippen LogP contribution is 2.33. The Bertz CT molecular complexity index is 1140. The molecule has 0 heterocycles. The van der Waals surface area contributed by atoms with E-state index in [0.29, 0.717) is 17.1 Å². The van der Waals surface area contributed by atoms with Crippen LogP contribution in [0, 0.1) is 6.92 Å². The second-order valence-electron chi connectivity index (χ2n) is 6.56. The van der Waals surface area contributed by atoms with E-state index in [4.69, 9.17) is 16.3 Å². The van der Waals surface area contributed by atoms with E-state index in [2.05, 4.69) is 10.6 Å². The van der Waals surface area contributed by atoms with Crippen LogP contribution in [0.3, 0.4) is 0 Å². The van der Waals surface area contributed by atoms with Crippen LogP contribution in [-0.4, -0.2) is 28.0 Å². The molecule has 6 nitrogen and oxygen atoms in total. The van der Waals surface area contributed by atoms with E-state index in [1.54, 1.807) is 67.8 Å². The summed E-state index contributed by atoms with van der Waals surface area (Å²) in [5.41, 5.74) is 1.93. The maximum absolute atomic E-state index is 12.9. The van der Waals surface area contributed by atoms with Crippen LogP contribution in [0.25, 0.3) is 0 Å². The summed E-state index contributed by atoms with van der Waals surface area (Å²) in [5, 5.41) is 5.67. The molecule has 0 aliphatic carbocycles. The third kappa shape index (κ3) is 4.93. The molecule has 0 spiro atoms. The van der Waals surface area contributed by atoms with Crippen molar-refractivity contribution in [2.24, 2.45) is 0 Å². The van der Waals surface area contributed by atoms with Gasteiger partial charge in [-0.15, -0.1) is 0 Å². The van der Waals surface area contributed by atoms with E-state index >= 15 is 0 Å². The van der Waals surface area contributed by atoms with Crippen molar-refractivity contribution in [1.82, 2.24) is 0 Å². The molecule has 0 bridgehead atoms. The van der Waals surface area contributed by atoms with Gasteiger partial charge in [-0.25, -0.2) is 8.42 Å². The molecule has 30 heavy (non-hydrogen) atoms. The number of halogens is 1. The van der Waals surface area contributed by atoms with Crippen molar-refractivity contribution < 1.29 is 17.9 Å². The zero-order chi connectivity index (χ0) is 21.7. The molecule has 0 unspecified atom stereocenters. The average molecular weight is 445 g/mol. The van der Waals surface area contributed by atoms with Crippen molar-refractivity contribution in [2.45, 2.75) is 16.7 Å². The van der Waals surface area contributed by atoms with Crippen molar-refractivity contribution in [3.8, 4) is 5.75 Å².